The second-order valence-electron chi connectivity index (χ2n) is 4.08. The molecule has 1 aliphatic heterocycles. The van der Waals surface area contributed by atoms with E-state index in [1.54, 1.807) is 6.08 Å². The van der Waals surface area contributed by atoms with Gasteiger partial charge in [0.15, 0.2) is 5.78 Å². The lowest BCUT2D eigenvalue weighted by Gasteiger charge is -2.15. The van der Waals surface area contributed by atoms with Crippen LogP contribution in [0, 0.1) is 5.92 Å². The Morgan fingerprint density at radius 2 is 2.18 bits per heavy atom. The van der Waals surface area contributed by atoms with Gasteiger partial charge in [0, 0.05) is 24.2 Å². The van der Waals surface area contributed by atoms with Crippen LogP contribution in [-0.2, 0) is 4.79 Å². The fourth-order valence-corrected chi connectivity index (χ4v) is 1.71. The highest BCUT2D eigenvalue weighted by molar-refractivity contribution is 5.89. The molecule has 0 aromatic rings. The molecule has 0 radical (unpaired) electrons. The van der Waals surface area contributed by atoms with Crippen molar-refractivity contribution in [2.75, 3.05) is 0 Å². The summed E-state index contributed by atoms with van der Waals surface area (Å²) in [5.41, 5.74) is 1.15. The van der Waals surface area contributed by atoms with Crippen LogP contribution in [0.2, 0.25) is 0 Å². The molecule has 0 fully saturated rings. The summed E-state index contributed by atoms with van der Waals surface area (Å²) in [6.45, 7) is 4.04. The number of allylic oxidation sites excluding steroid dienone is 6. The number of nitrogens with one attached hydrogen (secondary N) is 1. The molecule has 1 unspecified atom stereocenters. The topological polar surface area (TPSA) is 29.1 Å². The summed E-state index contributed by atoms with van der Waals surface area (Å²) >= 11 is 0. The average Bonchev–Trinajstić information content (AvgIpc) is 2.62. The van der Waals surface area contributed by atoms with E-state index in [1.165, 1.54) is 0 Å². The highest BCUT2D eigenvalue weighted by Crippen LogP contribution is 2.18. The maximum atomic E-state index is 11.3. The lowest BCUT2D eigenvalue weighted by molar-refractivity contribution is -0.114. The van der Waals surface area contributed by atoms with Crippen LogP contribution in [0.1, 0.15) is 33.1 Å². The minimum absolute atomic E-state index is 0.186. The molecule has 1 aliphatic rings. The van der Waals surface area contributed by atoms with E-state index < -0.39 is 0 Å². The average molecular weight is 231 g/mol. The van der Waals surface area contributed by atoms with Gasteiger partial charge in [-0.25, -0.2) is 0 Å². The highest BCUT2D eigenvalue weighted by atomic mass is 16.1. The smallest absolute Gasteiger partial charge is 0.155 e. The van der Waals surface area contributed by atoms with Crippen LogP contribution in [0.4, 0.5) is 0 Å². The molecule has 0 amide bonds. The standard InChI is InChI=1S/C15H21NO/c1-3-8-13(10-11-14(17)4-2)15-9-6-5-7-12-16-15/h5-7,9-13,16H,3-4,8H2,1-2H3. The molecule has 0 bridgehead atoms. The van der Waals surface area contributed by atoms with Gasteiger partial charge in [0.2, 0.25) is 0 Å². The first-order valence-corrected chi connectivity index (χ1v) is 6.28. The van der Waals surface area contributed by atoms with E-state index in [9.17, 15) is 4.79 Å². The molecule has 17 heavy (non-hydrogen) atoms. The van der Waals surface area contributed by atoms with E-state index in [1.807, 2.05) is 37.4 Å². The van der Waals surface area contributed by atoms with Gasteiger partial charge in [0.05, 0.1) is 0 Å². The largest absolute Gasteiger partial charge is 0.365 e. The molecule has 2 heteroatoms. The lowest BCUT2D eigenvalue weighted by Crippen LogP contribution is -2.14. The summed E-state index contributed by atoms with van der Waals surface area (Å²) in [6.07, 6.45) is 16.4. The first kappa shape index (κ1) is 13.5. The van der Waals surface area contributed by atoms with Gasteiger partial charge in [-0.15, -0.1) is 0 Å². The number of hydrogen-bond donors (Lipinski definition) is 1. The van der Waals surface area contributed by atoms with Gasteiger partial charge in [-0.1, -0.05) is 38.5 Å². The Hall–Kier alpha value is -1.57. The van der Waals surface area contributed by atoms with Crippen LogP contribution in [-0.4, -0.2) is 5.78 Å². The van der Waals surface area contributed by atoms with Crippen molar-refractivity contribution in [3.05, 3.63) is 48.4 Å². The summed E-state index contributed by atoms with van der Waals surface area (Å²) < 4.78 is 0. The van der Waals surface area contributed by atoms with E-state index in [2.05, 4.69) is 18.3 Å². The Morgan fingerprint density at radius 1 is 1.35 bits per heavy atom. The third kappa shape index (κ3) is 4.85. The lowest BCUT2D eigenvalue weighted by atomic mass is 9.98. The Labute approximate surface area is 104 Å². The summed E-state index contributed by atoms with van der Waals surface area (Å²) in [5, 5.41) is 3.26. The second-order valence-corrected chi connectivity index (χ2v) is 4.08. The van der Waals surface area contributed by atoms with E-state index in [0.717, 1.165) is 18.5 Å². The molecule has 0 aromatic carbocycles. The molecular formula is C15H21NO. The first-order valence-electron chi connectivity index (χ1n) is 6.28. The summed E-state index contributed by atoms with van der Waals surface area (Å²) in [6, 6.07) is 0. The predicted molar refractivity (Wildman–Crippen MR) is 72.3 cm³/mol. The van der Waals surface area contributed by atoms with E-state index in [-0.39, 0.29) is 5.78 Å². The molecule has 0 saturated heterocycles. The van der Waals surface area contributed by atoms with Crippen molar-refractivity contribution in [1.29, 1.82) is 0 Å². The monoisotopic (exact) mass is 231 g/mol. The Kier molecular flexibility index (Phi) is 6.08. The normalized spacial score (nSPS) is 16.5. The van der Waals surface area contributed by atoms with E-state index >= 15 is 0 Å². The van der Waals surface area contributed by atoms with Gasteiger partial charge in [0.1, 0.15) is 0 Å². The minimum Gasteiger partial charge on any atom is -0.365 e. The Balaban J connectivity index is 2.74. The fraction of sp³-hybridized carbons (Fsp3) is 0.400. The van der Waals surface area contributed by atoms with Crippen LogP contribution in [0.15, 0.2) is 48.4 Å². The van der Waals surface area contributed by atoms with Crippen molar-refractivity contribution in [2.24, 2.45) is 5.92 Å². The molecule has 0 aromatic heterocycles. The number of hydrogen-bond acceptors (Lipinski definition) is 2. The molecule has 1 atom stereocenters. The van der Waals surface area contributed by atoms with Crippen molar-refractivity contribution in [3.8, 4) is 0 Å². The molecular weight excluding hydrogens is 210 g/mol. The third-order valence-corrected chi connectivity index (χ3v) is 2.71. The van der Waals surface area contributed by atoms with Crippen LogP contribution in [0.3, 0.4) is 0 Å². The van der Waals surface area contributed by atoms with Gasteiger partial charge < -0.3 is 5.32 Å². The molecule has 0 saturated carbocycles. The summed E-state index contributed by atoms with van der Waals surface area (Å²) in [7, 11) is 0. The Bertz CT molecular complexity index is 361. The van der Waals surface area contributed by atoms with Gasteiger partial charge in [-0.05, 0) is 24.6 Å². The zero-order valence-corrected chi connectivity index (χ0v) is 10.6. The van der Waals surface area contributed by atoms with Crippen molar-refractivity contribution >= 4 is 5.78 Å². The van der Waals surface area contributed by atoms with Gasteiger partial charge in [-0.2, -0.15) is 0 Å². The zero-order chi connectivity index (χ0) is 12.5. The molecule has 2 nitrogen and oxygen atoms in total. The molecule has 1 rings (SSSR count). The molecule has 0 aliphatic carbocycles. The molecule has 92 valence electrons. The van der Waals surface area contributed by atoms with Crippen LogP contribution in [0.25, 0.3) is 0 Å². The first-order chi connectivity index (χ1) is 8.27. The molecule has 1 heterocycles. The van der Waals surface area contributed by atoms with Crippen LogP contribution >= 0.6 is 0 Å². The van der Waals surface area contributed by atoms with E-state index in [0.29, 0.717) is 12.3 Å². The number of ketones is 1. The van der Waals surface area contributed by atoms with Crippen molar-refractivity contribution < 1.29 is 4.79 Å². The van der Waals surface area contributed by atoms with Crippen LogP contribution < -0.4 is 5.32 Å². The zero-order valence-electron chi connectivity index (χ0n) is 10.6. The fourth-order valence-electron chi connectivity index (χ4n) is 1.71. The SMILES string of the molecule is CCCC(C=CC(=O)CC)C1=CC=CC=CN1. The number of carbonyl (C=O) groups is 1. The summed E-state index contributed by atoms with van der Waals surface area (Å²) in [5.74, 6) is 0.481. The maximum Gasteiger partial charge on any atom is 0.155 e. The number of rotatable bonds is 6. The van der Waals surface area contributed by atoms with Crippen molar-refractivity contribution in [1.82, 2.24) is 5.32 Å². The van der Waals surface area contributed by atoms with Gasteiger partial charge in [-0.3, -0.25) is 4.79 Å². The van der Waals surface area contributed by atoms with Crippen molar-refractivity contribution in [2.45, 2.75) is 33.1 Å². The molecule has 1 N–H and O–H groups in total. The number of carbonyl (C=O) groups excluding carboxylic acids is 1. The predicted octanol–water partition coefficient (Wildman–Crippen LogP) is 3.50. The summed E-state index contributed by atoms with van der Waals surface area (Å²) in [4.78, 5) is 11.3. The van der Waals surface area contributed by atoms with Gasteiger partial charge in [0.25, 0.3) is 0 Å². The minimum atomic E-state index is 0.186. The highest BCUT2D eigenvalue weighted by Gasteiger charge is 2.09. The van der Waals surface area contributed by atoms with Crippen molar-refractivity contribution in [3.63, 3.8) is 0 Å². The third-order valence-electron chi connectivity index (χ3n) is 2.71. The quantitative estimate of drug-likeness (QED) is 0.709. The Morgan fingerprint density at radius 3 is 2.88 bits per heavy atom. The maximum absolute atomic E-state index is 11.3. The van der Waals surface area contributed by atoms with Crippen LogP contribution in [0.5, 0.6) is 0 Å². The second kappa shape index (κ2) is 7.66. The van der Waals surface area contributed by atoms with E-state index in [4.69, 9.17) is 0 Å². The van der Waals surface area contributed by atoms with Gasteiger partial charge >= 0.3 is 0 Å². The molecule has 0 spiro atoms.